The number of anilines is 2. The zero-order valence-corrected chi connectivity index (χ0v) is 46.0. The molecule has 1 fully saturated rings. The third-order valence-corrected chi connectivity index (χ3v) is 18.6. The van der Waals surface area contributed by atoms with Gasteiger partial charge in [0.1, 0.15) is 36.5 Å². The zero-order valence-electron chi connectivity index (χ0n) is 43.3. The Balaban J connectivity index is 0.000000990. The first-order valence-corrected chi connectivity index (χ1v) is 30.5. The van der Waals surface area contributed by atoms with E-state index in [2.05, 4.69) is 77.7 Å². The molecule has 7 heterocycles. The monoisotopic (exact) mass is 1140 g/mol. The van der Waals surface area contributed by atoms with Gasteiger partial charge < -0.3 is 60.1 Å². The van der Waals surface area contributed by atoms with Crippen molar-refractivity contribution >= 4 is 52.4 Å². The van der Waals surface area contributed by atoms with Crippen molar-refractivity contribution in [1.82, 2.24) is 19.4 Å². The maximum atomic E-state index is 13.7. The molecule has 10 N–H and O–H groups in total. The van der Waals surface area contributed by atoms with Crippen LogP contribution in [0.2, 0.25) is 0 Å². The number of nitrogens with zero attached hydrogens (tertiary/aromatic N) is 4. The fraction of sp³-hybridized carbons (Fsp3) is 0.471. The lowest BCUT2D eigenvalue weighted by Crippen LogP contribution is -3.11. The molecule has 1 amide bonds. The number of phosphoric acid groups is 3. The van der Waals surface area contributed by atoms with Crippen molar-refractivity contribution in [3.63, 3.8) is 0 Å². The van der Waals surface area contributed by atoms with Crippen molar-refractivity contribution in [3.8, 4) is 23.3 Å². The van der Waals surface area contributed by atoms with Crippen LogP contribution in [0, 0.1) is 11.8 Å². The fourth-order valence-corrected chi connectivity index (χ4v) is 14.4. The number of rotatable bonds is 15. The van der Waals surface area contributed by atoms with Gasteiger partial charge in [0.25, 0.3) is 5.91 Å². The van der Waals surface area contributed by atoms with E-state index in [4.69, 9.17) is 25.0 Å². The summed E-state index contributed by atoms with van der Waals surface area (Å²) < 4.78 is 62.7. The number of nitrogen functional groups attached to an aromatic ring is 1. The van der Waals surface area contributed by atoms with Gasteiger partial charge in [0.05, 0.1) is 55.6 Å². The van der Waals surface area contributed by atoms with Gasteiger partial charge in [-0.2, -0.15) is 13.6 Å². The summed E-state index contributed by atoms with van der Waals surface area (Å²) in [5.74, 6) is 4.83. The van der Waals surface area contributed by atoms with E-state index < -0.39 is 66.1 Å². The molecule has 5 atom stereocenters. The minimum atomic E-state index is -5.78. The number of carboxylic acids is 1. The second-order valence-electron chi connectivity index (χ2n) is 19.8. The van der Waals surface area contributed by atoms with Crippen LogP contribution < -0.4 is 46.4 Å². The standard InChI is InChI=1S/C45H47N6O17P3.C6H15N/c46-41-27(22-51(45(56)48-41)43-35(52)21-28(65-43)23-64-70(60,61)68-71(62,63)67-69(57,58)59)6-1-13-47-42(53)26-11-12-29(32(20-26)44(54)55)36-33-18-24-7-2-14-49-16-4-9-30(37(24)49)39(33)66-40-31-10-5-17-50-15-3-8-25(38(31)50)19-34(36)40;1-4-7(5-2)6-3/h11-12,18-20,22,28,35,43,52H,2-5,7-10,13-17,21,23H2,(H7-,46,47,48,53,54,55,56,57,58,59,60,61,62,63);4-6H2,1-3H3/p+2/t28-,35+,43+;/m0./s1. The Labute approximate surface area is 448 Å². The van der Waals surface area contributed by atoms with Crippen LogP contribution in [0.4, 0.5) is 11.5 Å². The number of hydrogen-bond donors (Lipinski definition) is 9. The Morgan fingerprint density at radius 3 is 2.28 bits per heavy atom. The molecule has 0 spiro atoms. The van der Waals surface area contributed by atoms with Crippen LogP contribution in [0.1, 0.15) is 119 Å². The second-order valence-corrected chi connectivity index (χ2v) is 24.2. The van der Waals surface area contributed by atoms with Gasteiger partial charge in [-0.25, -0.2) is 27.9 Å². The molecule has 24 nitrogen and oxygen atoms in total. The molecule has 0 saturated carbocycles. The number of carbonyl (C=O) groups excluding carboxylic acids is 1. The third-order valence-electron chi connectivity index (χ3n) is 14.8. The number of aryl methyl sites for hydroxylation is 2. The van der Waals surface area contributed by atoms with Gasteiger partial charge >= 0.3 is 35.1 Å². The highest BCUT2D eigenvalue weighted by Crippen LogP contribution is 2.66. The Hall–Kier alpha value is -5.60. The van der Waals surface area contributed by atoms with Gasteiger partial charge in [-0.05, 0) is 94.7 Å². The van der Waals surface area contributed by atoms with E-state index in [-0.39, 0.29) is 35.5 Å². The van der Waals surface area contributed by atoms with E-state index >= 15 is 0 Å². The van der Waals surface area contributed by atoms with Crippen LogP contribution >= 0.6 is 23.5 Å². The maximum Gasteiger partial charge on any atom is 0.490 e. The third kappa shape index (κ3) is 12.2. The average Bonchev–Trinajstić information content (AvgIpc) is 3.92. The number of phosphoric ester groups is 1. The Kier molecular flexibility index (Phi) is 17.0. The van der Waals surface area contributed by atoms with Crippen molar-refractivity contribution in [3.05, 3.63) is 108 Å². The van der Waals surface area contributed by atoms with E-state index in [1.54, 1.807) is 17.0 Å². The minimum absolute atomic E-state index is 0.0239. The van der Waals surface area contributed by atoms with Crippen LogP contribution in [0.15, 0.2) is 41.3 Å². The number of nitrogens with one attached hydrogen (secondary N) is 2. The predicted octanol–water partition coefficient (Wildman–Crippen LogP) is 1.66. The number of aromatic carboxylic acids is 1. The molecule has 6 aliphatic rings. The Morgan fingerprint density at radius 2 is 1.59 bits per heavy atom. The smallest absolute Gasteiger partial charge is 0.478 e. The quantitative estimate of drug-likeness (QED) is 0.0409. The fourth-order valence-electron chi connectivity index (χ4n) is 11.3. The van der Waals surface area contributed by atoms with Crippen LogP contribution in [0.5, 0.6) is 11.5 Å². The van der Waals surface area contributed by atoms with Gasteiger partial charge in [0, 0.05) is 77.3 Å². The number of aromatic nitrogens is 2. The predicted molar refractivity (Wildman–Crippen MR) is 283 cm³/mol. The largest absolute Gasteiger partial charge is 0.490 e. The summed E-state index contributed by atoms with van der Waals surface area (Å²) in [7, 11) is -16.9. The molecule has 1 saturated heterocycles. The molecular weight excluding hydrogens is 1080 g/mol. The highest BCUT2D eigenvalue weighted by atomic mass is 31.3. The highest BCUT2D eigenvalue weighted by molar-refractivity contribution is 7.66. The molecule has 3 aromatic carbocycles. The molecule has 0 aliphatic carbocycles. The first-order chi connectivity index (χ1) is 37.1. The maximum absolute atomic E-state index is 13.7. The van der Waals surface area contributed by atoms with Gasteiger partial charge in [0.15, 0.2) is 6.23 Å². The normalized spacial score (nSPS) is 20.5. The summed E-state index contributed by atoms with van der Waals surface area (Å²) >= 11 is 0. The van der Waals surface area contributed by atoms with E-state index in [1.165, 1.54) is 47.9 Å². The molecule has 4 aromatic rings. The van der Waals surface area contributed by atoms with E-state index in [0.29, 0.717) is 5.56 Å². The zero-order chi connectivity index (χ0) is 55.8. The lowest BCUT2D eigenvalue weighted by molar-refractivity contribution is -0.894. The number of hydrogen-bond acceptors (Lipinski definition) is 15. The first-order valence-electron chi connectivity index (χ1n) is 26.0. The molecule has 78 heavy (non-hydrogen) atoms. The van der Waals surface area contributed by atoms with Crippen molar-refractivity contribution < 1.29 is 80.6 Å². The molecule has 27 heteroatoms. The second kappa shape index (κ2) is 23.2. The number of fused-ring (bicyclic) bond motifs is 4. The van der Waals surface area contributed by atoms with Crippen molar-refractivity contribution in [1.29, 1.82) is 0 Å². The Morgan fingerprint density at radius 1 is 0.897 bits per heavy atom. The van der Waals surface area contributed by atoms with Crippen LogP contribution in [-0.4, -0.2) is 122 Å². The number of amides is 1. The number of quaternary nitrogens is 1. The summed E-state index contributed by atoms with van der Waals surface area (Å²) in [6.07, 6.45) is 4.12. The number of carbonyl (C=O) groups is 2. The van der Waals surface area contributed by atoms with Gasteiger partial charge in [0.2, 0.25) is 5.36 Å². The SMILES string of the molecule is CC[NH+](CC)CC.Nc1nc(=O)n([C@@H]2O[C@H](COP(=O)(O)OP(=O)(O)OP(=O)(O)O)C[C@H]2O)cc1C#CCNC(=O)c1ccc(C2=c3cc4c5c(c3Oc3c2cc2c6c3CCCN6CCC2)CCC[N+]=5CCC4)c(C(=O)O)c1. The average molecular weight is 1140 g/mol. The number of ether oxygens (including phenoxy) is 2. The lowest BCUT2D eigenvalue weighted by atomic mass is 9.81. The number of carboxylic acid groups (broad SMARTS) is 1. The van der Waals surface area contributed by atoms with Gasteiger partial charge in [-0.3, -0.25) is 13.9 Å². The Bertz CT molecular complexity index is 3470. The summed E-state index contributed by atoms with van der Waals surface area (Å²) in [6, 6.07) is 9.00. The van der Waals surface area contributed by atoms with Crippen LogP contribution in [0.25, 0.3) is 5.57 Å². The summed E-state index contributed by atoms with van der Waals surface area (Å²) in [5, 5.41) is 26.3. The topological polar surface area (TPSA) is 337 Å². The van der Waals surface area contributed by atoms with Crippen LogP contribution in [0.3, 0.4) is 0 Å². The van der Waals surface area contributed by atoms with Gasteiger partial charge in [-0.1, -0.05) is 17.9 Å². The highest BCUT2D eigenvalue weighted by Gasteiger charge is 2.43. The molecule has 0 radical (unpaired) electrons. The van der Waals surface area contributed by atoms with Gasteiger partial charge in [-0.15, -0.1) is 0 Å². The molecule has 10 rings (SSSR count). The van der Waals surface area contributed by atoms with E-state index in [9.17, 15) is 48.1 Å². The van der Waals surface area contributed by atoms with Crippen molar-refractivity contribution in [2.75, 3.05) is 69.6 Å². The molecule has 6 aliphatic heterocycles. The van der Waals surface area contributed by atoms with Crippen molar-refractivity contribution in [2.24, 2.45) is 0 Å². The molecule has 418 valence electrons. The molecule has 1 aromatic heterocycles. The summed E-state index contributed by atoms with van der Waals surface area (Å²) in [6.45, 7) is 13.2. The minimum Gasteiger partial charge on any atom is -0.478 e. The number of benzene rings is 3. The lowest BCUT2D eigenvalue weighted by Gasteiger charge is -2.39. The molecule has 2 unspecified atom stereocenters. The van der Waals surface area contributed by atoms with E-state index in [0.717, 1.165) is 127 Å². The number of aliphatic hydroxyl groups excluding tert-OH is 1. The van der Waals surface area contributed by atoms with E-state index in [1.807, 2.05) is 0 Å². The number of aliphatic hydroxyl groups is 1. The first kappa shape index (κ1) is 57.1. The van der Waals surface area contributed by atoms with Crippen LogP contribution in [-0.2, 0) is 57.3 Å². The summed E-state index contributed by atoms with van der Waals surface area (Å²) in [4.78, 5) is 84.4. The molecular formula is C51H64N7O17P3+2. The number of nitrogens with two attached hydrogens (primary N) is 1. The molecule has 0 bridgehead atoms. The van der Waals surface area contributed by atoms with Crippen molar-refractivity contribution in [2.45, 2.75) is 97.0 Å². The summed E-state index contributed by atoms with van der Waals surface area (Å²) in [5.41, 5.74) is 13.0.